The fourth-order valence-corrected chi connectivity index (χ4v) is 1.56. The van der Waals surface area contributed by atoms with Gasteiger partial charge >= 0.3 is 0 Å². The van der Waals surface area contributed by atoms with Crippen molar-refractivity contribution in [1.29, 1.82) is 0 Å². The molecule has 0 fully saturated rings. The van der Waals surface area contributed by atoms with E-state index in [0.717, 1.165) is 12.3 Å². The van der Waals surface area contributed by atoms with E-state index in [9.17, 15) is 0 Å². The van der Waals surface area contributed by atoms with Gasteiger partial charge in [0.2, 0.25) is 0 Å². The molecule has 3 N–H and O–H groups in total. The molecule has 15 heavy (non-hydrogen) atoms. The lowest BCUT2D eigenvalue weighted by Crippen LogP contribution is -2.21. The minimum absolute atomic E-state index is 0.470. The van der Waals surface area contributed by atoms with Crippen LogP contribution in [0.1, 0.15) is 30.9 Å². The number of hydrogen-bond acceptors (Lipinski definition) is 3. The molecule has 0 aliphatic carbocycles. The molecule has 0 heterocycles. The third-order valence-corrected chi connectivity index (χ3v) is 2.39. The molecule has 1 aromatic carbocycles. The summed E-state index contributed by atoms with van der Waals surface area (Å²) in [6, 6.07) is 6.25. The Morgan fingerprint density at radius 3 is 2.67 bits per heavy atom. The van der Waals surface area contributed by atoms with Gasteiger partial charge < -0.3 is 15.8 Å². The van der Waals surface area contributed by atoms with Crippen molar-refractivity contribution in [3.8, 4) is 5.75 Å². The van der Waals surface area contributed by atoms with Crippen LogP contribution >= 0.6 is 0 Å². The van der Waals surface area contributed by atoms with Gasteiger partial charge in [-0.25, -0.2) is 0 Å². The van der Waals surface area contributed by atoms with Gasteiger partial charge in [-0.3, -0.25) is 0 Å². The highest BCUT2D eigenvalue weighted by Gasteiger charge is 2.07. The van der Waals surface area contributed by atoms with Gasteiger partial charge in [0.05, 0.1) is 7.11 Å². The number of hydrogen-bond donors (Lipinski definition) is 2. The fourth-order valence-electron chi connectivity index (χ4n) is 1.56. The third-order valence-electron chi connectivity index (χ3n) is 2.39. The van der Waals surface area contributed by atoms with Crippen LogP contribution in [0.2, 0.25) is 0 Å². The van der Waals surface area contributed by atoms with Crippen LogP contribution in [-0.2, 0) is 6.54 Å². The van der Waals surface area contributed by atoms with Crippen LogP contribution < -0.4 is 15.8 Å². The van der Waals surface area contributed by atoms with Gasteiger partial charge in [0.15, 0.2) is 0 Å². The lowest BCUT2D eigenvalue weighted by Gasteiger charge is -2.13. The Hall–Kier alpha value is -1.06. The molecule has 0 amide bonds. The molecule has 1 rings (SSSR count). The topological polar surface area (TPSA) is 47.3 Å². The van der Waals surface area contributed by atoms with Gasteiger partial charge in [0.1, 0.15) is 5.75 Å². The minimum atomic E-state index is 0.470. The molecule has 0 radical (unpaired) electrons. The predicted molar refractivity (Wildman–Crippen MR) is 63.0 cm³/mol. The molecule has 0 saturated heterocycles. The smallest absolute Gasteiger partial charge is 0.122 e. The van der Waals surface area contributed by atoms with Gasteiger partial charge in [-0.2, -0.15) is 0 Å². The van der Waals surface area contributed by atoms with Gasteiger partial charge in [-0.15, -0.1) is 0 Å². The first kappa shape index (κ1) is 12.0. The number of rotatable bonds is 5. The van der Waals surface area contributed by atoms with Gasteiger partial charge in [-0.1, -0.05) is 26.0 Å². The van der Waals surface area contributed by atoms with Crippen molar-refractivity contribution < 1.29 is 4.74 Å². The average molecular weight is 208 g/mol. The highest BCUT2D eigenvalue weighted by atomic mass is 16.5. The first-order chi connectivity index (χ1) is 7.19. The van der Waals surface area contributed by atoms with Crippen molar-refractivity contribution in [3.05, 3.63) is 29.3 Å². The molecule has 1 aromatic rings. The molecule has 0 aromatic heterocycles. The zero-order valence-electron chi connectivity index (χ0n) is 9.71. The Morgan fingerprint density at radius 1 is 1.40 bits per heavy atom. The second-order valence-corrected chi connectivity index (χ2v) is 3.86. The highest BCUT2D eigenvalue weighted by molar-refractivity contribution is 5.39. The maximum absolute atomic E-state index is 5.39. The Balaban J connectivity index is 2.89. The molecular weight excluding hydrogens is 188 g/mol. The van der Waals surface area contributed by atoms with E-state index < -0.39 is 0 Å². The monoisotopic (exact) mass is 208 g/mol. The van der Waals surface area contributed by atoms with Gasteiger partial charge in [-0.05, 0) is 23.1 Å². The van der Waals surface area contributed by atoms with E-state index in [1.165, 1.54) is 11.1 Å². The molecule has 0 aliphatic heterocycles. The molecule has 0 aliphatic rings. The maximum Gasteiger partial charge on any atom is 0.122 e. The van der Waals surface area contributed by atoms with E-state index in [-0.39, 0.29) is 0 Å². The number of nitrogens with one attached hydrogen (secondary N) is 1. The van der Waals surface area contributed by atoms with Crippen LogP contribution in [0, 0.1) is 0 Å². The SMILES string of the molecule is COc1ccc(CNCN)cc1C(C)C. The van der Waals surface area contributed by atoms with E-state index in [1.54, 1.807) is 7.11 Å². The lowest BCUT2D eigenvalue weighted by atomic mass is 9.99. The van der Waals surface area contributed by atoms with E-state index in [1.807, 2.05) is 6.07 Å². The summed E-state index contributed by atoms with van der Waals surface area (Å²) < 4.78 is 5.32. The molecule has 0 spiro atoms. The van der Waals surface area contributed by atoms with Crippen LogP contribution in [0.4, 0.5) is 0 Å². The Morgan fingerprint density at radius 2 is 2.13 bits per heavy atom. The van der Waals surface area contributed by atoms with Crippen molar-refractivity contribution in [2.75, 3.05) is 13.8 Å². The highest BCUT2D eigenvalue weighted by Crippen LogP contribution is 2.27. The molecule has 3 nitrogen and oxygen atoms in total. The van der Waals surface area contributed by atoms with Crippen LogP contribution in [-0.4, -0.2) is 13.8 Å². The normalized spacial score (nSPS) is 10.7. The first-order valence-electron chi connectivity index (χ1n) is 5.26. The summed E-state index contributed by atoms with van der Waals surface area (Å²) in [5.41, 5.74) is 7.88. The quantitative estimate of drug-likeness (QED) is 0.726. The van der Waals surface area contributed by atoms with Crippen LogP contribution in [0.15, 0.2) is 18.2 Å². The van der Waals surface area contributed by atoms with E-state index in [4.69, 9.17) is 10.5 Å². The fraction of sp³-hybridized carbons (Fsp3) is 0.500. The van der Waals surface area contributed by atoms with Gasteiger partial charge in [0, 0.05) is 13.2 Å². The Bertz CT molecular complexity index is 310. The van der Waals surface area contributed by atoms with Crippen molar-refractivity contribution in [1.82, 2.24) is 5.32 Å². The minimum Gasteiger partial charge on any atom is -0.496 e. The Kier molecular flexibility index (Phi) is 4.59. The molecule has 84 valence electrons. The lowest BCUT2D eigenvalue weighted by molar-refractivity contribution is 0.407. The summed E-state index contributed by atoms with van der Waals surface area (Å²) >= 11 is 0. The summed E-state index contributed by atoms with van der Waals surface area (Å²) in [5, 5.41) is 3.11. The van der Waals surface area contributed by atoms with Crippen molar-refractivity contribution >= 4 is 0 Å². The van der Waals surface area contributed by atoms with Gasteiger partial charge in [0.25, 0.3) is 0 Å². The number of methoxy groups -OCH3 is 1. The zero-order chi connectivity index (χ0) is 11.3. The largest absolute Gasteiger partial charge is 0.496 e. The Labute approximate surface area is 91.6 Å². The molecule has 3 heteroatoms. The van der Waals surface area contributed by atoms with Crippen molar-refractivity contribution in [2.45, 2.75) is 26.3 Å². The number of benzene rings is 1. The van der Waals surface area contributed by atoms with Crippen molar-refractivity contribution in [2.24, 2.45) is 5.73 Å². The molecular formula is C12H20N2O. The second kappa shape index (κ2) is 5.73. The number of ether oxygens (including phenoxy) is 1. The predicted octanol–water partition coefficient (Wildman–Crippen LogP) is 1.82. The van der Waals surface area contributed by atoms with E-state index in [2.05, 4.69) is 31.3 Å². The maximum atomic E-state index is 5.39. The molecule has 0 atom stereocenters. The van der Waals surface area contributed by atoms with E-state index >= 15 is 0 Å². The van der Waals surface area contributed by atoms with Crippen molar-refractivity contribution in [3.63, 3.8) is 0 Å². The summed E-state index contributed by atoms with van der Waals surface area (Å²) in [7, 11) is 1.71. The first-order valence-corrected chi connectivity index (χ1v) is 5.26. The number of nitrogens with two attached hydrogens (primary N) is 1. The molecule has 0 saturated carbocycles. The zero-order valence-corrected chi connectivity index (χ0v) is 9.71. The summed E-state index contributed by atoms with van der Waals surface area (Å²) in [4.78, 5) is 0. The van der Waals surface area contributed by atoms with Crippen LogP contribution in [0.5, 0.6) is 5.75 Å². The average Bonchev–Trinajstić information content (AvgIpc) is 2.25. The standard InChI is InChI=1S/C12H20N2O/c1-9(2)11-6-10(7-14-8-13)4-5-12(11)15-3/h4-6,9,14H,7-8,13H2,1-3H3. The summed E-state index contributed by atoms with van der Waals surface area (Å²) in [6.45, 7) is 5.64. The second-order valence-electron chi connectivity index (χ2n) is 3.86. The summed E-state index contributed by atoms with van der Waals surface area (Å²) in [6.07, 6.45) is 0. The molecule has 0 bridgehead atoms. The third kappa shape index (κ3) is 3.22. The molecule has 0 unspecified atom stereocenters. The summed E-state index contributed by atoms with van der Waals surface area (Å²) in [5.74, 6) is 1.43. The van der Waals surface area contributed by atoms with Crippen LogP contribution in [0.3, 0.4) is 0 Å². The van der Waals surface area contributed by atoms with E-state index in [0.29, 0.717) is 12.6 Å². The van der Waals surface area contributed by atoms with Crippen LogP contribution in [0.25, 0.3) is 0 Å².